The first-order chi connectivity index (χ1) is 18.4. The molecule has 3 heterocycles. The van der Waals surface area contributed by atoms with Crippen LogP contribution in [-0.4, -0.2) is 58.7 Å². The summed E-state index contributed by atoms with van der Waals surface area (Å²) in [6.07, 6.45) is 5.67. The lowest BCUT2D eigenvalue weighted by Gasteiger charge is -2.20. The maximum absolute atomic E-state index is 12.2. The number of methoxy groups -OCH3 is 1. The molecule has 2 aromatic heterocycles. The molecule has 0 unspecified atom stereocenters. The summed E-state index contributed by atoms with van der Waals surface area (Å²) in [5.74, 6) is 0.989. The third-order valence-electron chi connectivity index (χ3n) is 6.53. The van der Waals surface area contributed by atoms with Crippen molar-refractivity contribution in [3.8, 4) is 22.8 Å². The van der Waals surface area contributed by atoms with Crippen LogP contribution in [0, 0.1) is 0 Å². The van der Waals surface area contributed by atoms with E-state index >= 15 is 0 Å². The molecule has 1 atom stereocenters. The van der Waals surface area contributed by atoms with Crippen molar-refractivity contribution in [1.82, 2.24) is 19.4 Å². The minimum Gasteiger partial charge on any atom is -0.494 e. The van der Waals surface area contributed by atoms with E-state index in [0.717, 1.165) is 36.0 Å². The smallest absolute Gasteiger partial charge is 0.247 e. The Morgan fingerprint density at radius 3 is 2.76 bits per heavy atom. The summed E-state index contributed by atoms with van der Waals surface area (Å²) in [6, 6.07) is 11.6. The number of likely N-dealkylation sites (N-methyl/N-ethyl adjacent to an activating group) is 1. The Balaban J connectivity index is 1.51. The van der Waals surface area contributed by atoms with E-state index in [9.17, 15) is 4.79 Å². The van der Waals surface area contributed by atoms with Gasteiger partial charge in [0.1, 0.15) is 17.6 Å². The van der Waals surface area contributed by atoms with Crippen molar-refractivity contribution in [3.63, 3.8) is 0 Å². The standard InChI is InChI=1S/C28H29ClN6O3/c1-5-26(36)31-22-12-21(24(37-4)13-25(22)38-17-10-11-34(2)15-17)32-28-30-14-20(29)27(33-28)19-16-35(3)23-9-7-6-8-18(19)23/h5-9,12-14,16-17H,1,10-11,15H2,2-4H3,(H,31,36)(H,30,32,33)/t17-/m0/s1. The number of hydrogen-bond acceptors (Lipinski definition) is 7. The number of hydrogen-bond donors (Lipinski definition) is 2. The monoisotopic (exact) mass is 532 g/mol. The number of fused-ring (bicyclic) bond motifs is 1. The van der Waals surface area contributed by atoms with E-state index in [1.54, 1.807) is 25.4 Å². The fourth-order valence-corrected chi connectivity index (χ4v) is 4.84. The topological polar surface area (TPSA) is 93.5 Å². The molecular weight excluding hydrogens is 504 g/mol. The zero-order valence-electron chi connectivity index (χ0n) is 21.5. The number of aryl methyl sites for hydroxylation is 1. The van der Waals surface area contributed by atoms with Crippen molar-refractivity contribution >= 4 is 45.7 Å². The zero-order valence-corrected chi connectivity index (χ0v) is 22.2. The minimum absolute atomic E-state index is 0.00532. The third-order valence-corrected chi connectivity index (χ3v) is 6.81. The summed E-state index contributed by atoms with van der Waals surface area (Å²) < 4.78 is 14.0. The number of para-hydroxylation sites is 1. The van der Waals surface area contributed by atoms with Crippen molar-refractivity contribution in [1.29, 1.82) is 0 Å². The first kappa shape index (κ1) is 25.6. The number of benzene rings is 2. The van der Waals surface area contributed by atoms with E-state index in [2.05, 4.69) is 34.1 Å². The summed E-state index contributed by atoms with van der Waals surface area (Å²) in [7, 11) is 5.60. The highest BCUT2D eigenvalue weighted by Gasteiger charge is 2.24. The lowest BCUT2D eigenvalue weighted by molar-refractivity contribution is -0.111. The third kappa shape index (κ3) is 5.16. The first-order valence-corrected chi connectivity index (χ1v) is 12.6. The summed E-state index contributed by atoms with van der Waals surface area (Å²) in [5.41, 5.74) is 3.60. The SMILES string of the molecule is C=CC(=O)Nc1cc(Nc2ncc(Cl)c(-c3cn(C)c4ccccc34)n2)c(OC)cc1O[C@H]1CCN(C)C1. The fraction of sp³-hybridized carbons (Fsp3) is 0.250. The highest BCUT2D eigenvalue weighted by molar-refractivity contribution is 6.33. The van der Waals surface area contributed by atoms with Crippen LogP contribution in [0.3, 0.4) is 0 Å². The molecule has 1 fully saturated rings. The van der Waals surface area contributed by atoms with E-state index in [1.807, 2.05) is 42.1 Å². The Morgan fingerprint density at radius 1 is 1.21 bits per heavy atom. The predicted octanol–water partition coefficient (Wildman–Crippen LogP) is 5.25. The maximum atomic E-state index is 12.2. The fourth-order valence-electron chi connectivity index (χ4n) is 4.64. The molecule has 2 aromatic carbocycles. The number of aromatic nitrogens is 3. The molecule has 10 heteroatoms. The van der Waals surface area contributed by atoms with Crippen LogP contribution < -0.4 is 20.1 Å². The molecule has 0 aliphatic carbocycles. The summed E-state index contributed by atoms with van der Waals surface area (Å²) in [4.78, 5) is 23.5. The molecule has 4 aromatic rings. The van der Waals surface area contributed by atoms with Crippen LogP contribution in [0.15, 0.2) is 61.4 Å². The van der Waals surface area contributed by atoms with Crippen molar-refractivity contribution in [2.75, 3.05) is 37.9 Å². The van der Waals surface area contributed by atoms with Crippen molar-refractivity contribution < 1.29 is 14.3 Å². The van der Waals surface area contributed by atoms with Gasteiger partial charge >= 0.3 is 0 Å². The maximum Gasteiger partial charge on any atom is 0.247 e. The van der Waals surface area contributed by atoms with Gasteiger partial charge in [0.15, 0.2) is 0 Å². The van der Waals surface area contributed by atoms with Crippen LogP contribution in [0.4, 0.5) is 17.3 Å². The lowest BCUT2D eigenvalue weighted by Crippen LogP contribution is -2.22. The molecule has 1 amide bonds. The number of likely N-dealkylation sites (tertiary alicyclic amines) is 1. The second-order valence-corrected chi connectivity index (χ2v) is 9.63. The van der Waals surface area contributed by atoms with Gasteiger partial charge in [-0.2, -0.15) is 0 Å². The summed E-state index contributed by atoms with van der Waals surface area (Å²) in [6.45, 7) is 5.31. The van der Waals surface area contributed by atoms with Crippen LogP contribution in [-0.2, 0) is 11.8 Å². The van der Waals surface area contributed by atoms with E-state index in [0.29, 0.717) is 39.5 Å². The number of nitrogens with zero attached hydrogens (tertiary/aromatic N) is 4. The number of rotatable bonds is 8. The first-order valence-electron chi connectivity index (χ1n) is 12.2. The van der Waals surface area contributed by atoms with Gasteiger partial charge in [-0.05, 0) is 31.7 Å². The Hall–Kier alpha value is -4.08. The van der Waals surface area contributed by atoms with E-state index in [4.69, 9.17) is 26.1 Å². The van der Waals surface area contributed by atoms with Gasteiger partial charge in [0, 0.05) is 48.9 Å². The molecule has 0 saturated carbocycles. The highest BCUT2D eigenvalue weighted by Crippen LogP contribution is 2.40. The molecule has 0 radical (unpaired) electrons. The van der Waals surface area contributed by atoms with Gasteiger partial charge in [-0.25, -0.2) is 9.97 Å². The second kappa shape index (κ2) is 10.7. The van der Waals surface area contributed by atoms with Gasteiger partial charge in [-0.15, -0.1) is 0 Å². The van der Waals surface area contributed by atoms with Crippen LogP contribution in [0.2, 0.25) is 5.02 Å². The molecule has 1 aliphatic rings. The molecule has 0 spiro atoms. The number of nitrogens with one attached hydrogen (secondary N) is 2. The highest BCUT2D eigenvalue weighted by atomic mass is 35.5. The molecule has 196 valence electrons. The molecule has 2 N–H and O–H groups in total. The van der Waals surface area contributed by atoms with Gasteiger partial charge < -0.3 is 29.6 Å². The number of carbonyl (C=O) groups excluding carboxylic acids is 1. The summed E-state index contributed by atoms with van der Waals surface area (Å²) >= 11 is 6.55. The molecule has 9 nitrogen and oxygen atoms in total. The van der Waals surface area contributed by atoms with Crippen LogP contribution in [0.25, 0.3) is 22.2 Å². The molecule has 0 bridgehead atoms. The van der Waals surface area contributed by atoms with Crippen molar-refractivity contribution in [3.05, 3.63) is 66.5 Å². The molecule has 1 saturated heterocycles. The van der Waals surface area contributed by atoms with Gasteiger partial charge in [-0.1, -0.05) is 36.4 Å². The van der Waals surface area contributed by atoms with E-state index in [1.165, 1.54) is 6.08 Å². The molecule has 38 heavy (non-hydrogen) atoms. The van der Waals surface area contributed by atoms with Crippen molar-refractivity contribution in [2.45, 2.75) is 12.5 Å². The van der Waals surface area contributed by atoms with Gasteiger partial charge in [-0.3, -0.25) is 4.79 Å². The van der Waals surface area contributed by atoms with Gasteiger partial charge in [0.05, 0.1) is 35.4 Å². The number of amides is 1. The normalized spacial score (nSPS) is 15.4. The Kier molecular flexibility index (Phi) is 7.22. The van der Waals surface area contributed by atoms with E-state index < -0.39 is 0 Å². The lowest BCUT2D eigenvalue weighted by atomic mass is 10.1. The molecule has 5 rings (SSSR count). The number of carbonyl (C=O) groups is 1. The average Bonchev–Trinajstić information content (AvgIpc) is 3.48. The second-order valence-electron chi connectivity index (χ2n) is 9.22. The Labute approximate surface area is 226 Å². The van der Waals surface area contributed by atoms with Gasteiger partial charge in [0.25, 0.3) is 0 Å². The van der Waals surface area contributed by atoms with Crippen LogP contribution in [0.5, 0.6) is 11.5 Å². The number of halogens is 1. The number of anilines is 3. The molecule has 1 aliphatic heterocycles. The summed E-state index contributed by atoms with van der Waals surface area (Å²) in [5, 5.41) is 7.53. The quantitative estimate of drug-likeness (QED) is 0.299. The average molecular weight is 533 g/mol. The van der Waals surface area contributed by atoms with Crippen molar-refractivity contribution in [2.24, 2.45) is 7.05 Å². The Morgan fingerprint density at radius 2 is 2.03 bits per heavy atom. The minimum atomic E-state index is -0.351. The van der Waals surface area contributed by atoms with Crippen LogP contribution >= 0.6 is 11.6 Å². The van der Waals surface area contributed by atoms with Gasteiger partial charge in [0.2, 0.25) is 11.9 Å². The largest absolute Gasteiger partial charge is 0.494 e. The molecular formula is C28H29ClN6O3. The van der Waals surface area contributed by atoms with Crippen LogP contribution in [0.1, 0.15) is 6.42 Å². The Bertz CT molecular complexity index is 1520. The zero-order chi connectivity index (χ0) is 26.8. The van der Waals surface area contributed by atoms with E-state index in [-0.39, 0.29) is 12.0 Å². The number of ether oxygens (including phenoxy) is 2. The predicted molar refractivity (Wildman–Crippen MR) is 151 cm³/mol.